The number of rotatable bonds is 24. The molecular formula is C28H57N5O3. The lowest BCUT2D eigenvalue weighted by molar-refractivity contribution is -0.131. The highest BCUT2D eigenvalue weighted by atomic mass is 16.2. The van der Waals surface area contributed by atoms with Crippen LogP contribution in [-0.4, -0.2) is 60.9 Å². The van der Waals surface area contributed by atoms with E-state index in [9.17, 15) is 14.4 Å². The van der Waals surface area contributed by atoms with Crippen LogP contribution in [0.25, 0.3) is 0 Å². The Hall–Kier alpha value is -1.67. The molecule has 2 atom stereocenters. The standard InChI is InChI=1S/C28H57N5O3/c1-4-5-6-7-8-9-10-11-12-13-14-15-16-19-26(34)33(22-17-20-31-27(35)24(2)29)23-18-21-32-28(36)25(3)30/h24-25H,4-23,29-30H2,1-3H3,(H,31,35)(H,32,36)/t24-,25-/m0/s1. The van der Waals surface area contributed by atoms with Crippen LogP contribution in [0.4, 0.5) is 0 Å². The van der Waals surface area contributed by atoms with Gasteiger partial charge in [0.15, 0.2) is 0 Å². The Labute approximate surface area is 221 Å². The molecule has 0 aliphatic carbocycles. The quantitative estimate of drug-likeness (QED) is 0.145. The molecule has 0 saturated heterocycles. The van der Waals surface area contributed by atoms with Crippen molar-refractivity contribution in [2.24, 2.45) is 11.5 Å². The van der Waals surface area contributed by atoms with Gasteiger partial charge in [-0.05, 0) is 33.1 Å². The van der Waals surface area contributed by atoms with Gasteiger partial charge in [0.25, 0.3) is 0 Å². The van der Waals surface area contributed by atoms with Crippen LogP contribution in [0.2, 0.25) is 0 Å². The summed E-state index contributed by atoms with van der Waals surface area (Å²) in [5.74, 6) is -0.216. The van der Waals surface area contributed by atoms with Crippen molar-refractivity contribution in [2.75, 3.05) is 26.2 Å². The minimum Gasteiger partial charge on any atom is -0.355 e. The third kappa shape index (κ3) is 20.5. The summed E-state index contributed by atoms with van der Waals surface area (Å²) in [5.41, 5.74) is 11.1. The lowest BCUT2D eigenvalue weighted by atomic mass is 10.0. The number of nitrogens with two attached hydrogens (primary N) is 2. The molecule has 8 heteroatoms. The smallest absolute Gasteiger partial charge is 0.236 e. The Kier molecular flexibility index (Phi) is 22.6. The Balaban J connectivity index is 4.10. The first kappa shape index (κ1) is 34.3. The fourth-order valence-electron chi connectivity index (χ4n) is 4.10. The first-order valence-electron chi connectivity index (χ1n) is 14.6. The molecule has 3 amide bonds. The van der Waals surface area contributed by atoms with Gasteiger partial charge in [-0.2, -0.15) is 0 Å². The predicted molar refractivity (Wildman–Crippen MR) is 149 cm³/mol. The fourth-order valence-corrected chi connectivity index (χ4v) is 4.10. The number of nitrogens with zero attached hydrogens (tertiary/aromatic N) is 1. The van der Waals surface area contributed by atoms with Crippen molar-refractivity contribution in [3.05, 3.63) is 0 Å². The Bertz CT molecular complexity index is 541. The van der Waals surface area contributed by atoms with E-state index in [0.717, 1.165) is 12.8 Å². The van der Waals surface area contributed by atoms with Gasteiger partial charge in [0.1, 0.15) is 0 Å². The van der Waals surface area contributed by atoms with E-state index >= 15 is 0 Å². The average Bonchev–Trinajstić information content (AvgIpc) is 2.85. The zero-order chi connectivity index (χ0) is 27.0. The van der Waals surface area contributed by atoms with Crippen LogP contribution in [0.15, 0.2) is 0 Å². The second kappa shape index (κ2) is 23.7. The third-order valence-corrected chi connectivity index (χ3v) is 6.48. The summed E-state index contributed by atoms with van der Waals surface area (Å²) in [5, 5.41) is 5.59. The second-order valence-electron chi connectivity index (χ2n) is 10.2. The van der Waals surface area contributed by atoms with Gasteiger partial charge < -0.3 is 27.0 Å². The highest BCUT2D eigenvalue weighted by Crippen LogP contribution is 2.13. The van der Waals surface area contributed by atoms with Gasteiger partial charge in [-0.15, -0.1) is 0 Å². The first-order valence-corrected chi connectivity index (χ1v) is 14.6. The molecule has 212 valence electrons. The maximum atomic E-state index is 12.8. The SMILES string of the molecule is CCCCCCCCCCCCCCCC(=O)N(CCCNC(=O)[C@H](C)N)CCCNC(=O)[C@H](C)N. The second-order valence-corrected chi connectivity index (χ2v) is 10.2. The van der Waals surface area contributed by atoms with Gasteiger partial charge in [-0.1, -0.05) is 84.0 Å². The summed E-state index contributed by atoms with van der Waals surface area (Å²) in [7, 11) is 0. The minimum absolute atomic E-state index is 0.148. The van der Waals surface area contributed by atoms with E-state index in [1.165, 1.54) is 70.6 Å². The Morgan fingerprint density at radius 2 is 0.972 bits per heavy atom. The number of amides is 3. The van der Waals surface area contributed by atoms with E-state index < -0.39 is 12.1 Å². The highest BCUT2D eigenvalue weighted by Gasteiger charge is 2.14. The summed E-state index contributed by atoms with van der Waals surface area (Å²) in [4.78, 5) is 38.0. The Morgan fingerprint density at radius 1 is 0.611 bits per heavy atom. The maximum absolute atomic E-state index is 12.8. The number of hydrogen-bond acceptors (Lipinski definition) is 5. The minimum atomic E-state index is -0.535. The summed E-state index contributed by atoms with van der Waals surface area (Å²) in [6.45, 7) is 7.70. The maximum Gasteiger partial charge on any atom is 0.236 e. The molecule has 0 aromatic heterocycles. The summed E-state index contributed by atoms with van der Waals surface area (Å²) in [6, 6.07) is -1.07. The molecule has 0 bridgehead atoms. The Morgan fingerprint density at radius 3 is 1.33 bits per heavy atom. The van der Waals surface area contributed by atoms with E-state index in [4.69, 9.17) is 11.5 Å². The first-order chi connectivity index (χ1) is 17.3. The topological polar surface area (TPSA) is 131 Å². The van der Waals surface area contributed by atoms with E-state index in [1.54, 1.807) is 13.8 Å². The van der Waals surface area contributed by atoms with Crippen LogP contribution < -0.4 is 22.1 Å². The normalized spacial score (nSPS) is 12.7. The van der Waals surface area contributed by atoms with Crippen LogP contribution in [0.1, 0.15) is 124 Å². The van der Waals surface area contributed by atoms with Crippen LogP contribution in [-0.2, 0) is 14.4 Å². The molecule has 0 saturated carbocycles. The van der Waals surface area contributed by atoms with Crippen LogP contribution in [0.3, 0.4) is 0 Å². The van der Waals surface area contributed by atoms with Crippen molar-refractivity contribution in [2.45, 2.75) is 136 Å². The molecule has 0 unspecified atom stereocenters. The molecule has 6 N–H and O–H groups in total. The number of nitrogens with one attached hydrogen (secondary N) is 2. The van der Waals surface area contributed by atoms with E-state index in [0.29, 0.717) is 45.4 Å². The van der Waals surface area contributed by atoms with E-state index in [1.807, 2.05) is 4.90 Å². The van der Waals surface area contributed by atoms with E-state index in [2.05, 4.69) is 17.6 Å². The number of hydrogen-bond donors (Lipinski definition) is 4. The summed E-state index contributed by atoms with van der Waals surface area (Å²) in [6.07, 6.45) is 18.6. The zero-order valence-electron chi connectivity index (χ0n) is 23.6. The van der Waals surface area contributed by atoms with Crippen molar-refractivity contribution in [1.29, 1.82) is 0 Å². The lowest BCUT2D eigenvalue weighted by Gasteiger charge is -2.23. The van der Waals surface area contributed by atoms with Crippen molar-refractivity contribution in [3.63, 3.8) is 0 Å². The highest BCUT2D eigenvalue weighted by molar-refractivity contribution is 5.81. The fraction of sp³-hybridized carbons (Fsp3) is 0.893. The van der Waals surface area contributed by atoms with Gasteiger partial charge in [-0.3, -0.25) is 14.4 Å². The van der Waals surface area contributed by atoms with Crippen LogP contribution >= 0.6 is 0 Å². The van der Waals surface area contributed by atoms with Crippen molar-refractivity contribution in [3.8, 4) is 0 Å². The molecule has 36 heavy (non-hydrogen) atoms. The van der Waals surface area contributed by atoms with Gasteiger partial charge in [0, 0.05) is 32.6 Å². The average molecular weight is 512 g/mol. The largest absolute Gasteiger partial charge is 0.355 e. The molecule has 0 radical (unpaired) electrons. The molecule has 0 rings (SSSR count). The third-order valence-electron chi connectivity index (χ3n) is 6.48. The molecule has 0 aromatic carbocycles. The molecular weight excluding hydrogens is 454 g/mol. The molecule has 0 aliphatic heterocycles. The van der Waals surface area contributed by atoms with Gasteiger partial charge >= 0.3 is 0 Å². The van der Waals surface area contributed by atoms with Crippen molar-refractivity contribution < 1.29 is 14.4 Å². The molecule has 0 aliphatic rings. The predicted octanol–water partition coefficient (Wildman–Crippen LogP) is 4.00. The van der Waals surface area contributed by atoms with Gasteiger partial charge in [0.2, 0.25) is 17.7 Å². The summed E-state index contributed by atoms with van der Waals surface area (Å²) >= 11 is 0. The molecule has 0 fully saturated rings. The van der Waals surface area contributed by atoms with Crippen LogP contribution in [0, 0.1) is 0 Å². The number of carbonyl (C=O) groups is 3. The zero-order valence-corrected chi connectivity index (χ0v) is 23.6. The van der Waals surface area contributed by atoms with Crippen molar-refractivity contribution in [1.82, 2.24) is 15.5 Å². The molecule has 8 nitrogen and oxygen atoms in total. The lowest BCUT2D eigenvalue weighted by Crippen LogP contribution is -2.41. The van der Waals surface area contributed by atoms with Gasteiger partial charge in [0.05, 0.1) is 12.1 Å². The van der Waals surface area contributed by atoms with Gasteiger partial charge in [-0.25, -0.2) is 0 Å². The molecule has 0 spiro atoms. The number of unbranched alkanes of at least 4 members (excludes halogenated alkanes) is 12. The van der Waals surface area contributed by atoms with E-state index in [-0.39, 0.29) is 17.7 Å². The molecule has 0 aromatic rings. The molecule has 0 heterocycles. The monoisotopic (exact) mass is 511 g/mol. The number of carbonyl (C=O) groups excluding carboxylic acids is 3. The summed E-state index contributed by atoms with van der Waals surface area (Å²) < 4.78 is 0. The van der Waals surface area contributed by atoms with Crippen molar-refractivity contribution >= 4 is 17.7 Å². The van der Waals surface area contributed by atoms with Crippen LogP contribution in [0.5, 0.6) is 0 Å².